The largest absolute Gasteiger partial charge is 0.496 e. The van der Waals surface area contributed by atoms with Gasteiger partial charge in [-0.25, -0.2) is 0 Å². The molecule has 1 amide bonds. The van der Waals surface area contributed by atoms with Gasteiger partial charge in [0.2, 0.25) is 0 Å². The Balaban J connectivity index is 1.63. The minimum Gasteiger partial charge on any atom is -0.496 e. The van der Waals surface area contributed by atoms with E-state index in [-0.39, 0.29) is 12.5 Å². The van der Waals surface area contributed by atoms with Crippen molar-refractivity contribution in [3.05, 3.63) is 81.8 Å². The number of carbonyl (C=O) groups is 1. The van der Waals surface area contributed by atoms with Crippen LogP contribution >= 0.6 is 15.9 Å². The van der Waals surface area contributed by atoms with Crippen molar-refractivity contribution in [1.82, 2.24) is 5.32 Å². The van der Waals surface area contributed by atoms with Gasteiger partial charge in [-0.2, -0.15) is 0 Å². The molecule has 0 aromatic heterocycles. The Kier molecular flexibility index (Phi) is 9.15. The zero-order chi connectivity index (χ0) is 23.6. The average Bonchev–Trinajstić information content (AvgIpc) is 2.83. The molecule has 3 rings (SSSR count). The smallest absolute Gasteiger partial charge is 0.262 e. The third-order valence-electron chi connectivity index (χ3n) is 5.14. The number of hydrogen-bond donors (Lipinski definition) is 2. The van der Waals surface area contributed by atoms with E-state index in [4.69, 9.17) is 14.2 Å². The molecule has 6 nitrogen and oxygen atoms in total. The second kappa shape index (κ2) is 12.3. The summed E-state index contributed by atoms with van der Waals surface area (Å²) in [6, 6.07) is 19.3. The molecule has 0 spiro atoms. The van der Waals surface area contributed by atoms with E-state index in [1.807, 2.05) is 61.5 Å². The molecular formula is C26H29BrN2O4. The van der Waals surface area contributed by atoms with Crippen molar-refractivity contribution in [2.24, 2.45) is 0 Å². The van der Waals surface area contributed by atoms with Crippen LogP contribution in [-0.2, 0) is 17.8 Å². The van der Waals surface area contributed by atoms with Crippen LogP contribution in [-0.4, -0.2) is 33.3 Å². The number of aryl methyl sites for hydroxylation is 1. The van der Waals surface area contributed by atoms with Crippen LogP contribution in [0.4, 0.5) is 5.69 Å². The van der Waals surface area contributed by atoms with Crippen molar-refractivity contribution in [1.29, 1.82) is 0 Å². The van der Waals surface area contributed by atoms with E-state index in [0.717, 1.165) is 45.6 Å². The molecule has 0 atom stereocenters. The highest BCUT2D eigenvalue weighted by atomic mass is 79.9. The SMILES string of the molecule is COc1ccccc1CCNCc1c(Br)ccc(OC)c1OCC(=O)Nc1ccc(C)cc1. The maximum absolute atomic E-state index is 12.4. The van der Waals surface area contributed by atoms with Gasteiger partial charge in [-0.15, -0.1) is 0 Å². The third kappa shape index (κ3) is 6.97. The van der Waals surface area contributed by atoms with E-state index in [0.29, 0.717) is 18.0 Å². The van der Waals surface area contributed by atoms with Crippen LogP contribution in [0.5, 0.6) is 17.2 Å². The number of benzene rings is 3. The Bertz CT molecular complexity index is 1070. The first-order chi connectivity index (χ1) is 16.0. The van der Waals surface area contributed by atoms with Crippen molar-refractivity contribution in [2.75, 3.05) is 32.7 Å². The first-order valence-corrected chi connectivity index (χ1v) is 11.5. The van der Waals surface area contributed by atoms with E-state index < -0.39 is 0 Å². The molecule has 3 aromatic rings. The van der Waals surface area contributed by atoms with Crippen molar-refractivity contribution < 1.29 is 19.0 Å². The molecule has 2 N–H and O–H groups in total. The Hall–Kier alpha value is -3.03. The number of carbonyl (C=O) groups excluding carboxylic acids is 1. The second-order valence-corrected chi connectivity index (χ2v) is 8.35. The molecule has 0 aliphatic rings. The van der Waals surface area contributed by atoms with E-state index in [1.54, 1.807) is 14.2 Å². The number of ether oxygens (including phenoxy) is 3. The molecule has 0 radical (unpaired) electrons. The highest BCUT2D eigenvalue weighted by Gasteiger charge is 2.16. The predicted octanol–water partition coefficient (Wildman–Crippen LogP) is 5.12. The lowest BCUT2D eigenvalue weighted by atomic mass is 10.1. The molecule has 0 saturated carbocycles. The molecule has 0 fully saturated rings. The summed E-state index contributed by atoms with van der Waals surface area (Å²) in [6.07, 6.45) is 0.820. The van der Waals surface area contributed by atoms with Gasteiger partial charge in [0.15, 0.2) is 18.1 Å². The fourth-order valence-electron chi connectivity index (χ4n) is 3.38. The van der Waals surface area contributed by atoms with Crippen molar-refractivity contribution >= 4 is 27.5 Å². The quantitative estimate of drug-likeness (QED) is 0.348. The monoisotopic (exact) mass is 512 g/mol. The molecule has 0 heterocycles. The number of nitrogens with one attached hydrogen (secondary N) is 2. The summed E-state index contributed by atoms with van der Waals surface area (Å²) >= 11 is 3.60. The van der Waals surface area contributed by atoms with Gasteiger partial charge in [-0.3, -0.25) is 4.79 Å². The second-order valence-electron chi connectivity index (χ2n) is 7.50. The first kappa shape index (κ1) is 24.6. The molecular weight excluding hydrogens is 484 g/mol. The summed E-state index contributed by atoms with van der Waals surface area (Å²) in [5.74, 6) is 1.75. The summed E-state index contributed by atoms with van der Waals surface area (Å²) < 4.78 is 17.7. The van der Waals surface area contributed by atoms with Gasteiger partial charge in [0.1, 0.15) is 5.75 Å². The van der Waals surface area contributed by atoms with Crippen LogP contribution in [0.2, 0.25) is 0 Å². The molecule has 0 aliphatic carbocycles. The highest BCUT2D eigenvalue weighted by Crippen LogP contribution is 2.36. The Labute approximate surface area is 203 Å². The van der Waals surface area contributed by atoms with Crippen LogP contribution < -0.4 is 24.8 Å². The molecule has 0 saturated heterocycles. The van der Waals surface area contributed by atoms with Gasteiger partial charge < -0.3 is 24.8 Å². The molecule has 33 heavy (non-hydrogen) atoms. The summed E-state index contributed by atoms with van der Waals surface area (Å²) in [5, 5.41) is 6.29. The highest BCUT2D eigenvalue weighted by molar-refractivity contribution is 9.10. The maximum atomic E-state index is 12.4. The van der Waals surface area contributed by atoms with Crippen LogP contribution in [0.15, 0.2) is 65.1 Å². The van der Waals surface area contributed by atoms with Gasteiger partial charge in [0.25, 0.3) is 5.91 Å². The summed E-state index contributed by atoms with van der Waals surface area (Å²) in [4.78, 5) is 12.4. The minimum absolute atomic E-state index is 0.130. The van der Waals surface area contributed by atoms with Crippen molar-refractivity contribution in [3.8, 4) is 17.2 Å². The summed E-state index contributed by atoms with van der Waals surface area (Å²) in [6.45, 7) is 3.16. The Morgan fingerprint density at radius 3 is 2.39 bits per heavy atom. The zero-order valence-corrected chi connectivity index (χ0v) is 20.7. The van der Waals surface area contributed by atoms with Crippen molar-refractivity contribution in [2.45, 2.75) is 19.9 Å². The maximum Gasteiger partial charge on any atom is 0.262 e. The predicted molar refractivity (Wildman–Crippen MR) is 134 cm³/mol. The van der Waals surface area contributed by atoms with Gasteiger partial charge >= 0.3 is 0 Å². The van der Waals surface area contributed by atoms with E-state index in [9.17, 15) is 4.79 Å². The standard InChI is InChI=1S/C26H29BrN2O4/c1-18-8-10-20(11-9-18)29-25(30)17-33-26-21(22(27)12-13-24(26)32-3)16-28-15-14-19-6-4-5-7-23(19)31-2/h4-13,28H,14-17H2,1-3H3,(H,29,30). The lowest BCUT2D eigenvalue weighted by Gasteiger charge is -2.17. The lowest BCUT2D eigenvalue weighted by Crippen LogP contribution is -2.22. The Morgan fingerprint density at radius 1 is 0.939 bits per heavy atom. The molecule has 3 aromatic carbocycles. The van der Waals surface area contributed by atoms with Crippen LogP contribution in [0.3, 0.4) is 0 Å². The van der Waals surface area contributed by atoms with Crippen LogP contribution in [0.1, 0.15) is 16.7 Å². The number of hydrogen-bond acceptors (Lipinski definition) is 5. The Morgan fingerprint density at radius 2 is 1.67 bits per heavy atom. The van der Waals surface area contributed by atoms with Gasteiger partial charge in [-0.05, 0) is 55.8 Å². The summed E-state index contributed by atoms with van der Waals surface area (Å²) in [7, 11) is 3.26. The molecule has 0 aliphatic heterocycles. The molecule has 174 valence electrons. The normalized spacial score (nSPS) is 10.5. The fraction of sp³-hybridized carbons (Fsp3) is 0.269. The number of methoxy groups -OCH3 is 2. The van der Waals surface area contributed by atoms with Gasteiger partial charge in [-0.1, -0.05) is 51.8 Å². The van der Waals surface area contributed by atoms with E-state index >= 15 is 0 Å². The minimum atomic E-state index is -0.240. The number of rotatable bonds is 11. The van der Waals surface area contributed by atoms with E-state index in [1.165, 1.54) is 0 Å². The fourth-order valence-corrected chi connectivity index (χ4v) is 3.84. The average molecular weight is 513 g/mol. The van der Waals surface area contributed by atoms with E-state index in [2.05, 4.69) is 32.6 Å². The van der Waals surface area contributed by atoms with Crippen LogP contribution in [0, 0.1) is 6.92 Å². The van der Waals surface area contributed by atoms with Crippen molar-refractivity contribution in [3.63, 3.8) is 0 Å². The first-order valence-electron chi connectivity index (χ1n) is 10.7. The molecule has 0 unspecified atom stereocenters. The van der Waals surface area contributed by atoms with Gasteiger partial charge in [0, 0.05) is 22.3 Å². The number of para-hydroxylation sites is 1. The zero-order valence-electron chi connectivity index (χ0n) is 19.1. The number of amides is 1. The van der Waals surface area contributed by atoms with Crippen LogP contribution in [0.25, 0.3) is 0 Å². The third-order valence-corrected chi connectivity index (χ3v) is 5.88. The molecule has 7 heteroatoms. The topological polar surface area (TPSA) is 68.8 Å². The summed E-state index contributed by atoms with van der Waals surface area (Å²) in [5.41, 5.74) is 3.89. The number of anilines is 1. The van der Waals surface area contributed by atoms with Gasteiger partial charge in [0.05, 0.1) is 14.2 Å². The molecule has 0 bridgehead atoms. The number of halogens is 1. The lowest BCUT2D eigenvalue weighted by molar-refractivity contribution is -0.118.